The van der Waals surface area contributed by atoms with Crippen LogP contribution in [0, 0.1) is 6.92 Å². The summed E-state index contributed by atoms with van der Waals surface area (Å²) in [6, 6.07) is 3.79. The topological polar surface area (TPSA) is 83.9 Å². The van der Waals surface area contributed by atoms with Crippen molar-refractivity contribution in [3.8, 4) is 5.75 Å². The zero-order valence-corrected chi connectivity index (χ0v) is 11.8. The van der Waals surface area contributed by atoms with Crippen molar-refractivity contribution < 1.29 is 9.52 Å². The highest BCUT2D eigenvalue weighted by molar-refractivity contribution is 7.19. The maximum atomic E-state index is 10.1. The highest BCUT2D eigenvalue weighted by Crippen LogP contribution is 2.42. The second-order valence-electron chi connectivity index (χ2n) is 4.28. The highest BCUT2D eigenvalue weighted by atomic mass is 32.1. The molecule has 3 rings (SSSR count). The number of phenolic OH excluding ortho intramolecular Hbond substituents is 1. The average molecular weight is 288 g/mol. The second-order valence-corrected chi connectivity index (χ2v) is 5.53. The normalized spacial score (nSPS) is 11.7. The van der Waals surface area contributed by atoms with E-state index in [1.165, 1.54) is 6.39 Å². The lowest BCUT2D eigenvalue weighted by molar-refractivity contribution is 0.481. The molecule has 20 heavy (non-hydrogen) atoms. The molecule has 0 aliphatic rings. The van der Waals surface area contributed by atoms with Crippen LogP contribution in [-0.2, 0) is 6.42 Å². The quantitative estimate of drug-likeness (QED) is 0.729. The number of rotatable bonds is 3. The van der Waals surface area contributed by atoms with Crippen LogP contribution < -0.4 is 0 Å². The maximum absolute atomic E-state index is 10.1. The molecule has 0 unspecified atom stereocenters. The minimum absolute atomic E-state index is 0.113. The van der Waals surface area contributed by atoms with Crippen molar-refractivity contribution in [2.75, 3.05) is 0 Å². The van der Waals surface area contributed by atoms with Gasteiger partial charge in [0.05, 0.1) is 4.70 Å². The standard InChI is InChI=1S/C13H12N4O2S/c1-3-8-5-10(18)9-4-7(2)20-12(9)11(8)15-17-13-16-14-6-19-13/h4-6,18H,3H2,1-2H3. The van der Waals surface area contributed by atoms with E-state index >= 15 is 0 Å². The van der Waals surface area contributed by atoms with Gasteiger partial charge in [-0.3, -0.25) is 0 Å². The molecule has 6 nitrogen and oxygen atoms in total. The van der Waals surface area contributed by atoms with E-state index in [4.69, 9.17) is 4.42 Å². The van der Waals surface area contributed by atoms with Crippen LogP contribution in [0.3, 0.4) is 0 Å². The number of aromatic nitrogens is 2. The Morgan fingerprint density at radius 1 is 1.35 bits per heavy atom. The molecule has 2 aromatic heterocycles. The predicted octanol–water partition coefficient (Wildman–Crippen LogP) is 4.28. The molecule has 1 N–H and O–H groups in total. The Hall–Kier alpha value is -2.28. The van der Waals surface area contributed by atoms with E-state index in [1.54, 1.807) is 17.4 Å². The number of benzene rings is 1. The van der Waals surface area contributed by atoms with Crippen LogP contribution in [0.1, 0.15) is 17.4 Å². The van der Waals surface area contributed by atoms with Crippen molar-refractivity contribution in [1.82, 2.24) is 10.2 Å². The number of azo groups is 1. The molecule has 0 saturated heterocycles. The number of phenols is 1. The van der Waals surface area contributed by atoms with Gasteiger partial charge in [0.1, 0.15) is 11.4 Å². The van der Waals surface area contributed by atoms with Crippen molar-refractivity contribution in [2.45, 2.75) is 20.3 Å². The smallest absolute Gasteiger partial charge is 0.361 e. The summed E-state index contributed by atoms with van der Waals surface area (Å²) < 4.78 is 5.86. The molecule has 0 aliphatic heterocycles. The molecule has 2 heterocycles. The summed E-state index contributed by atoms with van der Waals surface area (Å²) in [7, 11) is 0. The first-order valence-corrected chi connectivity index (χ1v) is 6.93. The van der Waals surface area contributed by atoms with Crippen LogP contribution in [0.5, 0.6) is 5.75 Å². The lowest BCUT2D eigenvalue weighted by atomic mass is 10.1. The first kappa shape index (κ1) is 12.7. The minimum atomic E-state index is 0.113. The monoisotopic (exact) mass is 288 g/mol. The molecule has 1 aromatic carbocycles. The van der Waals surface area contributed by atoms with Gasteiger partial charge in [0, 0.05) is 10.3 Å². The molecule has 7 heteroatoms. The van der Waals surface area contributed by atoms with Gasteiger partial charge in [0.2, 0.25) is 6.39 Å². The molecular formula is C13H12N4O2S. The molecule has 3 aromatic rings. The molecule has 0 bridgehead atoms. The summed E-state index contributed by atoms with van der Waals surface area (Å²) in [5.74, 6) is 0.276. The van der Waals surface area contributed by atoms with Crippen molar-refractivity contribution in [3.05, 3.63) is 29.0 Å². The number of aromatic hydroxyl groups is 1. The van der Waals surface area contributed by atoms with Gasteiger partial charge in [0.25, 0.3) is 0 Å². The van der Waals surface area contributed by atoms with E-state index in [9.17, 15) is 5.11 Å². The molecule has 0 fully saturated rings. The molecule has 0 amide bonds. The molecular weight excluding hydrogens is 276 g/mol. The Morgan fingerprint density at radius 2 is 2.20 bits per heavy atom. The lowest BCUT2D eigenvalue weighted by Crippen LogP contribution is -1.82. The van der Waals surface area contributed by atoms with Gasteiger partial charge in [-0.15, -0.1) is 21.5 Å². The van der Waals surface area contributed by atoms with Crippen molar-refractivity contribution in [3.63, 3.8) is 0 Å². The van der Waals surface area contributed by atoms with Crippen molar-refractivity contribution >= 4 is 33.1 Å². The fourth-order valence-electron chi connectivity index (χ4n) is 2.02. The zero-order chi connectivity index (χ0) is 14.1. The van der Waals surface area contributed by atoms with E-state index in [2.05, 4.69) is 20.4 Å². The number of aryl methyl sites for hydroxylation is 2. The van der Waals surface area contributed by atoms with E-state index in [-0.39, 0.29) is 11.8 Å². The van der Waals surface area contributed by atoms with E-state index < -0.39 is 0 Å². The molecule has 0 spiro atoms. The van der Waals surface area contributed by atoms with Gasteiger partial charge in [-0.05, 0) is 31.0 Å². The van der Waals surface area contributed by atoms with Gasteiger partial charge in [-0.25, -0.2) is 0 Å². The molecule has 0 saturated carbocycles. The van der Waals surface area contributed by atoms with E-state index in [1.807, 2.05) is 19.9 Å². The molecule has 0 atom stereocenters. The van der Waals surface area contributed by atoms with Gasteiger partial charge in [-0.1, -0.05) is 17.1 Å². The van der Waals surface area contributed by atoms with Crippen LogP contribution >= 0.6 is 11.3 Å². The third-order valence-electron chi connectivity index (χ3n) is 2.93. The first-order valence-electron chi connectivity index (χ1n) is 6.12. The number of hydrogen-bond donors (Lipinski definition) is 1. The van der Waals surface area contributed by atoms with Crippen LogP contribution in [0.15, 0.2) is 33.2 Å². The van der Waals surface area contributed by atoms with Crippen LogP contribution in [0.25, 0.3) is 10.1 Å². The Bertz CT molecular complexity index is 777. The summed E-state index contributed by atoms with van der Waals surface area (Å²) in [6.07, 6.45) is 1.95. The first-order chi connectivity index (χ1) is 9.69. The summed E-state index contributed by atoms with van der Waals surface area (Å²) in [4.78, 5) is 1.11. The van der Waals surface area contributed by atoms with Crippen LogP contribution in [0.2, 0.25) is 0 Å². The minimum Gasteiger partial charge on any atom is -0.507 e. The van der Waals surface area contributed by atoms with Crippen molar-refractivity contribution in [2.24, 2.45) is 10.2 Å². The maximum Gasteiger partial charge on any atom is 0.361 e. The van der Waals surface area contributed by atoms with E-state index in [0.717, 1.165) is 32.6 Å². The van der Waals surface area contributed by atoms with Gasteiger partial charge >= 0.3 is 6.01 Å². The SMILES string of the molecule is CCc1cc(O)c2cc(C)sc2c1N=Nc1nnco1. The molecule has 0 radical (unpaired) electrons. The fourth-order valence-corrected chi connectivity index (χ4v) is 3.06. The third kappa shape index (κ3) is 2.16. The third-order valence-corrected chi connectivity index (χ3v) is 3.98. The van der Waals surface area contributed by atoms with E-state index in [0.29, 0.717) is 0 Å². The van der Waals surface area contributed by atoms with Crippen LogP contribution in [0.4, 0.5) is 11.7 Å². The molecule has 0 aliphatic carbocycles. The molecule has 102 valence electrons. The summed E-state index contributed by atoms with van der Waals surface area (Å²) in [6.45, 7) is 4.00. The summed E-state index contributed by atoms with van der Waals surface area (Å²) in [5, 5.41) is 26.3. The number of nitrogens with zero attached hydrogens (tertiary/aromatic N) is 4. The highest BCUT2D eigenvalue weighted by Gasteiger charge is 2.13. The Morgan fingerprint density at radius 3 is 2.90 bits per heavy atom. The lowest BCUT2D eigenvalue weighted by Gasteiger charge is -2.05. The Labute approximate surface area is 118 Å². The zero-order valence-electron chi connectivity index (χ0n) is 11.0. The van der Waals surface area contributed by atoms with Gasteiger partial charge in [0.15, 0.2) is 0 Å². The number of hydrogen-bond acceptors (Lipinski definition) is 7. The second kappa shape index (κ2) is 5.01. The Kier molecular flexibility index (Phi) is 3.19. The van der Waals surface area contributed by atoms with Gasteiger partial charge in [-0.2, -0.15) is 0 Å². The summed E-state index contributed by atoms with van der Waals surface area (Å²) in [5.41, 5.74) is 1.68. The number of fused-ring (bicyclic) bond motifs is 1. The fraction of sp³-hybridized carbons (Fsp3) is 0.231. The largest absolute Gasteiger partial charge is 0.507 e. The number of thiophene rings is 1. The summed E-state index contributed by atoms with van der Waals surface area (Å²) >= 11 is 1.58. The van der Waals surface area contributed by atoms with Crippen LogP contribution in [-0.4, -0.2) is 15.3 Å². The Balaban J connectivity index is 2.19. The van der Waals surface area contributed by atoms with Gasteiger partial charge < -0.3 is 9.52 Å². The average Bonchev–Trinajstić information content (AvgIpc) is 3.06. The van der Waals surface area contributed by atoms with Crippen molar-refractivity contribution in [1.29, 1.82) is 0 Å². The predicted molar refractivity (Wildman–Crippen MR) is 76.1 cm³/mol.